The van der Waals surface area contributed by atoms with Crippen LogP contribution in [0.3, 0.4) is 0 Å². The van der Waals surface area contributed by atoms with Gasteiger partial charge >= 0.3 is 0 Å². The van der Waals surface area contributed by atoms with Crippen LogP contribution in [0.1, 0.15) is 28.8 Å². The normalized spacial score (nSPS) is 25.4. The molecular formula is C21H22Cl2N2O3. The molecule has 2 aliphatic heterocycles. The van der Waals surface area contributed by atoms with Crippen molar-refractivity contribution >= 4 is 29.1 Å². The molecule has 5 nitrogen and oxygen atoms in total. The summed E-state index contributed by atoms with van der Waals surface area (Å²) >= 11 is 12.1. The number of aromatic hydroxyl groups is 1. The van der Waals surface area contributed by atoms with Crippen LogP contribution in [0.25, 0.3) is 0 Å². The van der Waals surface area contributed by atoms with Crippen LogP contribution in [0.4, 0.5) is 0 Å². The third-order valence-corrected chi connectivity index (χ3v) is 6.49. The van der Waals surface area contributed by atoms with Crippen LogP contribution in [-0.2, 0) is 5.60 Å². The third kappa shape index (κ3) is 3.60. The van der Waals surface area contributed by atoms with Crippen molar-refractivity contribution in [2.45, 2.75) is 24.5 Å². The fourth-order valence-corrected chi connectivity index (χ4v) is 4.56. The molecule has 2 aromatic rings. The molecule has 0 bridgehead atoms. The molecule has 1 amide bonds. The fraction of sp³-hybridized carbons (Fsp3) is 0.381. The van der Waals surface area contributed by atoms with Gasteiger partial charge in [-0.25, -0.2) is 0 Å². The lowest BCUT2D eigenvalue weighted by atomic mass is 9.82. The molecule has 2 fully saturated rings. The van der Waals surface area contributed by atoms with Crippen LogP contribution in [0, 0.1) is 0 Å². The minimum Gasteiger partial charge on any atom is -0.506 e. The van der Waals surface area contributed by atoms with Gasteiger partial charge in [-0.2, -0.15) is 0 Å². The maximum absolute atomic E-state index is 12.9. The van der Waals surface area contributed by atoms with Gasteiger partial charge < -0.3 is 15.1 Å². The van der Waals surface area contributed by atoms with Crippen LogP contribution < -0.4 is 0 Å². The summed E-state index contributed by atoms with van der Waals surface area (Å²) in [4.78, 5) is 16.9. The quantitative estimate of drug-likeness (QED) is 0.779. The molecule has 2 aromatic carbocycles. The molecule has 2 atom stereocenters. The molecule has 2 N–H and O–H groups in total. The number of fused-ring (bicyclic) bond motifs is 1. The Bertz CT molecular complexity index is 890. The molecule has 2 saturated heterocycles. The molecule has 7 heteroatoms. The van der Waals surface area contributed by atoms with Crippen molar-refractivity contribution in [2.75, 3.05) is 26.2 Å². The van der Waals surface area contributed by atoms with E-state index >= 15 is 0 Å². The van der Waals surface area contributed by atoms with E-state index in [1.165, 1.54) is 6.07 Å². The van der Waals surface area contributed by atoms with Crippen LogP contribution in [0.5, 0.6) is 5.75 Å². The van der Waals surface area contributed by atoms with Crippen molar-refractivity contribution in [1.29, 1.82) is 0 Å². The number of piperidine rings is 1. The minimum absolute atomic E-state index is 0.0863. The summed E-state index contributed by atoms with van der Waals surface area (Å²) < 4.78 is 0. The van der Waals surface area contributed by atoms with Crippen LogP contribution in [0.2, 0.25) is 10.0 Å². The van der Waals surface area contributed by atoms with Crippen LogP contribution in [0.15, 0.2) is 42.5 Å². The average molecular weight is 421 g/mol. The van der Waals surface area contributed by atoms with E-state index in [9.17, 15) is 15.0 Å². The van der Waals surface area contributed by atoms with E-state index in [-0.39, 0.29) is 22.7 Å². The van der Waals surface area contributed by atoms with Gasteiger partial charge in [0.1, 0.15) is 11.4 Å². The topological polar surface area (TPSA) is 64.0 Å². The lowest BCUT2D eigenvalue weighted by Gasteiger charge is -2.49. The van der Waals surface area contributed by atoms with Gasteiger partial charge in [-0.3, -0.25) is 9.69 Å². The van der Waals surface area contributed by atoms with Crippen molar-refractivity contribution in [3.8, 4) is 5.75 Å². The molecule has 28 heavy (non-hydrogen) atoms. The molecule has 0 aromatic heterocycles. The molecule has 0 spiro atoms. The summed E-state index contributed by atoms with van der Waals surface area (Å²) in [5.41, 5.74) is 0.297. The highest BCUT2D eigenvalue weighted by atomic mass is 35.5. The maximum Gasteiger partial charge on any atom is 0.255 e. The smallest absolute Gasteiger partial charge is 0.255 e. The SMILES string of the molecule is O=C(c1cccc(O)c1Cl)N1CCN2C[C@](O)(c3ccc(Cl)cc3)CC[C@H]2C1. The number of amides is 1. The van der Waals surface area contributed by atoms with Crippen molar-refractivity contribution in [2.24, 2.45) is 0 Å². The Kier molecular flexibility index (Phi) is 5.27. The summed E-state index contributed by atoms with van der Waals surface area (Å²) in [6.45, 7) is 2.36. The largest absolute Gasteiger partial charge is 0.506 e. The van der Waals surface area contributed by atoms with Gasteiger partial charge in [0.05, 0.1) is 10.6 Å². The number of nitrogens with zero attached hydrogens (tertiary/aromatic N) is 2. The van der Waals surface area contributed by atoms with Crippen molar-refractivity contribution in [1.82, 2.24) is 9.80 Å². The molecule has 2 heterocycles. The number of aliphatic hydroxyl groups is 1. The highest BCUT2D eigenvalue weighted by molar-refractivity contribution is 6.35. The molecule has 0 unspecified atom stereocenters. The lowest BCUT2D eigenvalue weighted by molar-refractivity contribution is -0.0740. The predicted octanol–water partition coefficient (Wildman–Crippen LogP) is 3.51. The van der Waals surface area contributed by atoms with E-state index in [1.807, 2.05) is 12.1 Å². The number of hydrogen-bond donors (Lipinski definition) is 2. The molecule has 2 aliphatic rings. The van der Waals surface area contributed by atoms with Gasteiger partial charge in [0, 0.05) is 37.2 Å². The Morgan fingerprint density at radius 1 is 1.11 bits per heavy atom. The van der Waals surface area contributed by atoms with E-state index in [4.69, 9.17) is 23.2 Å². The first-order valence-electron chi connectivity index (χ1n) is 9.37. The number of carbonyl (C=O) groups is 1. The maximum atomic E-state index is 12.9. The summed E-state index contributed by atoms with van der Waals surface area (Å²) in [5, 5.41) is 21.7. The number of carbonyl (C=O) groups excluding carboxylic acids is 1. The Balaban J connectivity index is 1.46. The fourth-order valence-electron chi connectivity index (χ4n) is 4.23. The first-order chi connectivity index (χ1) is 13.4. The number of halogens is 2. The van der Waals surface area contributed by atoms with E-state index < -0.39 is 5.60 Å². The van der Waals surface area contributed by atoms with E-state index in [2.05, 4.69) is 4.90 Å². The minimum atomic E-state index is -0.901. The lowest BCUT2D eigenvalue weighted by Crippen LogP contribution is -2.60. The third-order valence-electron chi connectivity index (χ3n) is 5.84. The van der Waals surface area contributed by atoms with E-state index in [0.717, 1.165) is 12.0 Å². The second kappa shape index (κ2) is 7.56. The van der Waals surface area contributed by atoms with Gasteiger partial charge in [0.15, 0.2) is 0 Å². The second-order valence-corrected chi connectivity index (χ2v) is 8.41. The van der Waals surface area contributed by atoms with Gasteiger partial charge in [0.25, 0.3) is 5.91 Å². The summed E-state index contributed by atoms with van der Waals surface area (Å²) in [6.07, 6.45) is 1.42. The molecule has 0 saturated carbocycles. The number of benzene rings is 2. The number of hydrogen-bond acceptors (Lipinski definition) is 4. The standard InChI is InChI=1S/C21H22Cl2N2O3/c22-15-6-4-14(5-7-15)21(28)9-8-16-12-24(10-11-25(16)13-21)20(27)17-2-1-3-18(26)19(17)23/h1-7,16,26,28H,8-13H2/t16-,21-/m0/s1. The Hall–Kier alpha value is -1.79. The Morgan fingerprint density at radius 2 is 1.86 bits per heavy atom. The Labute approximate surface area is 174 Å². The number of phenols is 1. The zero-order valence-corrected chi connectivity index (χ0v) is 16.8. The zero-order chi connectivity index (χ0) is 19.9. The van der Waals surface area contributed by atoms with Gasteiger partial charge in [-0.05, 0) is 42.7 Å². The first kappa shape index (κ1) is 19.5. The van der Waals surface area contributed by atoms with Crippen molar-refractivity contribution in [3.63, 3.8) is 0 Å². The summed E-state index contributed by atoms with van der Waals surface area (Å²) in [6, 6.07) is 12.3. The summed E-state index contributed by atoms with van der Waals surface area (Å²) in [5.74, 6) is -0.254. The van der Waals surface area contributed by atoms with Crippen LogP contribution in [-0.4, -0.2) is 58.1 Å². The predicted molar refractivity (Wildman–Crippen MR) is 109 cm³/mol. The van der Waals surface area contributed by atoms with Crippen LogP contribution >= 0.6 is 23.2 Å². The monoisotopic (exact) mass is 420 g/mol. The molecule has 4 rings (SSSR count). The average Bonchev–Trinajstić information content (AvgIpc) is 2.69. The number of piperazine rings is 1. The molecule has 0 radical (unpaired) electrons. The number of phenolic OH excluding ortho intramolecular Hbond substituents is 1. The number of rotatable bonds is 2. The molecule has 0 aliphatic carbocycles. The van der Waals surface area contributed by atoms with Gasteiger partial charge in [0.2, 0.25) is 0 Å². The van der Waals surface area contributed by atoms with Gasteiger partial charge in [-0.15, -0.1) is 0 Å². The second-order valence-electron chi connectivity index (χ2n) is 7.59. The first-order valence-corrected chi connectivity index (χ1v) is 10.1. The van der Waals surface area contributed by atoms with E-state index in [1.54, 1.807) is 29.2 Å². The van der Waals surface area contributed by atoms with Crippen molar-refractivity contribution < 1.29 is 15.0 Å². The van der Waals surface area contributed by atoms with Gasteiger partial charge in [-0.1, -0.05) is 41.4 Å². The zero-order valence-electron chi connectivity index (χ0n) is 15.3. The molecule has 148 valence electrons. The highest BCUT2D eigenvalue weighted by Crippen LogP contribution is 2.36. The highest BCUT2D eigenvalue weighted by Gasteiger charge is 2.42. The summed E-state index contributed by atoms with van der Waals surface area (Å²) in [7, 11) is 0. The van der Waals surface area contributed by atoms with Crippen molar-refractivity contribution in [3.05, 3.63) is 63.6 Å². The van der Waals surface area contributed by atoms with E-state index in [0.29, 0.717) is 43.2 Å². The molecular weight excluding hydrogens is 399 g/mol. The Morgan fingerprint density at radius 3 is 2.61 bits per heavy atom.